The van der Waals surface area contributed by atoms with Crippen LogP contribution in [0, 0.1) is 3.57 Å². The second kappa shape index (κ2) is 6.01. The summed E-state index contributed by atoms with van der Waals surface area (Å²) >= 11 is 2.24. The van der Waals surface area contributed by atoms with Crippen LogP contribution in [0.2, 0.25) is 0 Å². The molecule has 0 saturated heterocycles. The highest BCUT2D eigenvalue weighted by Crippen LogP contribution is 2.17. The Morgan fingerprint density at radius 2 is 1.95 bits per heavy atom. The number of anilines is 3. The highest BCUT2D eigenvalue weighted by atomic mass is 127. The third kappa shape index (κ3) is 3.25. The number of nitrogens with zero attached hydrogens (tertiary/aromatic N) is 5. The van der Waals surface area contributed by atoms with E-state index in [-0.39, 0.29) is 5.95 Å². The molecule has 4 N–H and O–H groups in total. The zero-order valence-electron chi connectivity index (χ0n) is 10.7. The summed E-state index contributed by atoms with van der Waals surface area (Å²) in [7, 11) is 0. The average molecular weight is 394 g/mol. The lowest BCUT2D eigenvalue weighted by Crippen LogP contribution is -2.15. The molecule has 0 amide bonds. The number of benzene rings is 1. The summed E-state index contributed by atoms with van der Waals surface area (Å²) in [6, 6.07) is 9.64. The van der Waals surface area contributed by atoms with E-state index in [1.807, 2.05) is 24.3 Å². The molecule has 0 spiro atoms. The topological polar surface area (TPSA) is 107 Å². The summed E-state index contributed by atoms with van der Waals surface area (Å²) in [4.78, 5) is 12.6. The van der Waals surface area contributed by atoms with Crippen molar-refractivity contribution >= 4 is 40.2 Å². The van der Waals surface area contributed by atoms with Crippen LogP contribution in [-0.2, 0) is 0 Å². The van der Waals surface area contributed by atoms with E-state index < -0.39 is 0 Å². The van der Waals surface area contributed by atoms with Crippen LogP contribution >= 0.6 is 22.6 Å². The molecule has 0 unspecified atom stereocenters. The van der Waals surface area contributed by atoms with Gasteiger partial charge in [-0.15, -0.1) is 0 Å². The number of aromatic nitrogens is 5. The van der Waals surface area contributed by atoms with Crippen molar-refractivity contribution in [3.63, 3.8) is 0 Å². The van der Waals surface area contributed by atoms with E-state index in [4.69, 9.17) is 5.84 Å². The third-order valence-corrected chi connectivity index (χ3v) is 3.21. The van der Waals surface area contributed by atoms with Gasteiger partial charge in [0.2, 0.25) is 11.9 Å². The molecule has 0 aliphatic rings. The van der Waals surface area contributed by atoms with Gasteiger partial charge >= 0.3 is 0 Å². The number of nitrogen functional groups attached to an aromatic ring is 1. The fraction of sp³-hybridized carbons (Fsp3) is 0. The van der Waals surface area contributed by atoms with Gasteiger partial charge in [0.15, 0.2) is 0 Å². The fourth-order valence-electron chi connectivity index (χ4n) is 1.67. The number of hydrogen-bond acceptors (Lipinski definition) is 7. The maximum atomic E-state index is 5.40. The molecule has 21 heavy (non-hydrogen) atoms. The van der Waals surface area contributed by atoms with Gasteiger partial charge in [0, 0.05) is 21.7 Å². The lowest BCUT2D eigenvalue weighted by molar-refractivity contribution is 0.799. The normalized spacial score (nSPS) is 10.4. The molecule has 0 radical (unpaired) electrons. The van der Waals surface area contributed by atoms with Gasteiger partial charge in [0.1, 0.15) is 0 Å². The molecule has 0 fully saturated rings. The second-order valence-corrected chi connectivity index (χ2v) is 5.26. The molecule has 3 rings (SSSR count). The molecule has 0 aliphatic heterocycles. The largest absolute Gasteiger partial charge is 0.324 e. The van der Waals surface area contributed by atoms with Gasteiger partial charge in [-0.3, -0.25) is 5.43 Å². The standard InChI is InChI=1S/C12H11IN8/c13-8-3-1-4-9(7-8)16-10-17-11(20-14)19-12(18-10)21-6-2-5-15-21/h1-7H,14H2,(H2,16,17,18,19,20). The highest BCUT2D eigenvalue weighted by Gasteiger charge is 2.08. The summed E-state index contributed by atoms with van der Waals surface area (Å²) in [5.41, 5.74) is 3.30. The van der Waals surface area contributed by atoms with Crippen LogP contribution in [0.5, 0.6) is 0 Å². The molecular formula is C12H11IN8. The van der Waals surface area contributed by atoms with Gasteiger partial charge < -0.3 is 5.32 Å². The number of rotatable bonds is 4. The molecular weight excluding hydrogens is 383 g/mol. The van der Waals surface area contributed by atoms with E-state index in [1.165, 1.54) is 4.68 Å². The number of hydrazine groups is 1. The zero-order valence-corrected chi connectivity index (χ0v) is 12.9. The van der Waals surface area contributed by atoms with Crippen molar-refractivity contribution in [1.29, 1.82) is 0 Å². The Morgan fingerprint density at radius 3 is 2.67 bits per heavy atom. The molecule has 0 atom stereocenters. The molecule has 2 aromatic heterocycles. The zero-order chi connectivity index (χ0) is 14.7. The number of nitrogens with two attached hydrogens (primary N) is 1. The Kier molecular flexibility index (Phi) is 3.92. The van der Waals surface area contributed by atoms with Crippen LogP contribution in [-0.4, -0.2) is 24.7 Å². The maximum Gasteiger partial charge on any atom is 0.257 e. The summed E-state index contributed by atoms with van der Waals surface area (Å²) in [5.74, 6) is 6.40. The fourth-order valence-corrected chi connectivity index (χ4v) is 2.21. The Hall–Kier alpha value is -2.27. The van der Waals surface area contributed by atoms with Crippen LogP contribution in [0.4, 0.5) is 17.6 Å². The van der Waals surface area contributed by atoms with Gasteiger partial charge in [-0.05, 0) is 46.9 Å². The molecule has 8 nitrogen and oxygen atoms in total. The smallest absolute Gasteiger partial charge is 0.257 e. The summed E-state index contributed by atoms with van der Waals surface area (Å²) in [6.45, 7) is 0. The van der Waals surface area contributed by atoms with Gasteiger partial charge in [0.25, 0.3) is 5.95 Å². The third-order valence-electron chi connectivity index (χ3n) is 2.54. The van der Waals surface area contributed by atoms with E-state index in [0.29, 0.717) is 11.9 Å². The van der Waals surface area contributed by atoms with Crippen molar-refractivity contribution in [2.45, 2.75) is 0 Å². The molecule has 0 aliphatic carbocycles. The predicted octanol–water partition coefficient (Wildman–Crippen LogP) is 1.69. The van der Waals surface area contributed by atoms with E-state index >= 15 is 0 Å². The first kappa shape index (κ1) is 13.7. The van der Waals surface area contributed by atoms with E-state index in [2.05, 4.69) is 53.4 Å². The number of halogens is 1. The Bertz CT molecular complexity index is 743. The van der Waals surface area contributed by atoms with Crippen LogP contribution in [0.25, 0.3) is 5.95 Å². The lowest BCUT2D eigenvalue weighted by Gasteiger charge is -2.08. The molecule has 1 aromatic carbocycles. The first-order valence-electron chi connectivity index (χ1n) is 6.00. The second-order valence-electron chi connectivity index (χ2n) is 4.01. The van der Waals surface area contributed by atoms with Crippen molar-refractivity contribution in [3.8, 4) is 5.95 Å². The van der Waals surface area contributed by atoms with Crippen molar-refractivity contribution in [2.75, 3.05) is 10.7 Å². The molecule has 0 bridgehead atoms. The summed E-state index contributed by atoms with van der Waals surface area (Å²) in [6.07, 6.45) is 3.39. The summed E-state index contributed by atoms with van der Waals surface area (Å²) < 4.78 is 2.64. The predicted molar refractivity (Wildman–Crippen MR) is 87.2 cm³/mol. The van der Waals surface area contributed by atoms with Crippen molar-refractivity contribution < 1.29 is 0 Å². The minimum atomic E-state index is 0.253. The SMILES string of the molecule is NNc1nc(Nc2cccc(I)c2)nc(-n2cccn2)n1. The van der Waals surface area contributed by atoms with Gasteiger partial charge in [-0.25, -0.2) is 10.5 Å². The van der Waals surface area contributed by atoms with Crippen molar-refractivity contribution in [2.24, 2.45) is 5.84 Å². The van der Waals surface area contributed by atoms with Crippen molar-refractivity contribution in [3.05, 3.63) is 46.3 Å². The Morgan fingerprint density at radius 1 is 1.10 bits per heavy atom. The Balaban J connectivity index is 1.96. The van der Waals surface area contributed by atoms with Gasteiger partial charge in [-0.1, -0.05) is 6.07 Å². The minimum absolute atomic E-state index is 0.253. The molecule has 3 aromatic rings. The lowest BCUT2D eigenvalue weighted by atomic mass is 10.3. The number of hydrogen-bond donors (Lipinski definition) is 3. The average Bonchev–Trinajstić information content (AvgIpc) is 3.01. The highest BCUT2D eigenvalue weighted by molar-refractivity contribution is 14.1. The molecule has 9 heteroatoms. The first-order valence-corrected chi connectivity index (χ1v) is 7.08. The van der Waals surface area contributed by atoms with Gasteiger partial charge in [-0.2, -0.15) is 20.1 Å². The molecule has 106 valence electrons. The molecule has 2 heterocycles. The molecule has 0 saturated carbocycles. The van der Waals surface area contributed by atoms with E-state index in [1.54, 1.807) is 18.5 Å². The maximum absolute atomic E-state index is 5.40. The van der Waals surface area contributed by atoms with Gasteiger partial charge in [0.05, 0.1) is 0 Å². The first-order chi connectivity index (χ1) is 10.2. The van der Waals surface area contributed by atoms with Crippen LogP contribution in [0.3, 0.4) is 0 Å². The summed E-state index contributed by atoms with van der Waals surface area (Å²) in [5, 5.41) is 7.21. The minimum Gasteiger partial charge on any atom is -0.324 e. The van der Waals surface area contributed by atoms with Crippen molar-refractivity contribution in [1.82, 2.24) is 24.7 Å². The van der Waals surface area contributed by atoms with Crippen LogP contribution in [0.15, 0.2) is 42.7 Å². The van der Waals surface area contributed by atoms with E-state index in [9.17, 15) is 0 Å². The number of nitrogens with one attached hydrogen (secondary N) is 2. The van der Waals surface area contributed by atoms with Crippen LogP contribution < -0.4 is 16.6 Å². The Labute approximate surface area is 133 Å². The quantitative estimate of drug-likeness (QED) is 0.351. The monoisotopic (exact) mass is 394 g/mol. The van der Waals surface area contributed by atoms with Crippen LogP contribution in [0.1, 0.15) is 0 Å². The van der Waals surface area contributed by atoms with E-state index in [0.717, 1.165) is 9.26 Å².